The van der Waals surface area contributed by atoms with Crippen LogP contribution in [0.4, 0.5) is 5.69 Å². The summed E-state index contributed by atoms with van der Waals surface area (Å²) in [6, 6.07) is 14.0. The molecule has 0 amide bonds. The summed E-state index contributed by atoms with van der Waals surface area (Å²) in [5.41, 5.74) is 3.79. The Balaban J connectivity index is 1.47. The number of benzene rings is 2. The zero-order valence-electron chi connectivity index (χ0n) is 20.7. The predicted molar refractivity (Wildman–Crippen MR) is 138 cm³/mol. The fourth-order valence-corrected chi connectivity index (χ4v) is 6.32. The van der Waals surface area contributed by atoms with E-state index in [0.29, 0.717) is 12.5 Å². The van der Waals surface area contributed by atoms with Crippen molar-refractivity contribution in [3.8, 4) is 5.75 Å². The number of nitrogens with zero attached hydrogens (tertiary/aromatic N) is 1. The average molecular weight is 476 g/mol. The number of carbonyl (C=O) groups is 1. The van der Waals surface area contributed by atoms with Crippen molar-refractivity contribution >= 4 is 11.7 Å². The number of rotatable bonds is 7. The van der Waals surface area contributed by atoms with Crippen molar-refractivity contribution in [2.75, 3.05) is 24.6 Å². The van der Waals surface area contributed by atoms with Crippen molar-refractivity contribution in [1.82, 2.24) is 0 Å². The quantitative estimate of drug-likeness (QED) is 0.510. The molecule has 5 rings (SSSR count). The van der Waals surface area contributed by atoms with Gasteiger partial charge in [-0.25, -0.2) is 4.79 Å². The van der Waals surface area contributed by atoms with Crippen molar-refractivity contribution in [3.63, 3.8) is 0 Å². The highest BCUT2D eigenvalue weighted by molar-refractivity contribution is 5.89. The van der Waals surface area contributed by atoms with Gasteiger partial charge in [0.1, 0.15) is 5.75 Å². The number of aliphatic hydroxyl groups is 1. The van der Waals surface area contributed by atoms with E-state index in [1.54, 1.807) is 12.1 Å². The van der Waals surface area contributed by atoms with Gasteiger partial charge in [0.2, 0.25) is 0 Å². The number of carboxylic acid groups (broad SMARTS) is 1. The van der Waals surface area contributed by atoms with Crippen LogP contribution in [0.3, 0.4) is 0 Å². The van der Waals surface area contributed by atoms with Gasteiger partial charge in [-0.2, -0.15) is 0 Å². The molecule has 3 aliphatic rings. The molecule has 35 heavy (non-hydrogen) atoms. The summed E-state index contributed by atoms with van der Waals surface area (Å²) in [4.78, 5) is 14.2. The molecule has 1 saturated carbocycles. The molecule has 0 aromatic heterocycles. The van der Waals surface area contributed by atoms with E-state index < -0.39 is 12.1 Å². The third-order valence-corrected chi connectivity index (χ3v) is 8.39. The lowest BCUT2D eigenvalue weighted by Gasteiger charge is -2.45. The van der Waals surface area contributed by atoms with Crippen LogP contribution in [0, 0.1) is 11.8 Å². The Morgan fingerprint density at radius 3 is 2.89 bits per heavy atom. The van der Waals surface area contributed by atoms with Crippen LogP contribution in [-0.2, 0) is 11.8 Å². The number of anilines is 1. The van der Waals surface area contributed by atoms with Gasteiger partial charge in [0.05, 0.1) is 24.0 Å². The molecule has 1 fully saturated rings. The largest absolute Gasteiger partial charge is 0.490 e. The van der Waals surface area contributed by atoms with Gasteiger partial charge in [-0.05, 0) is 79.7 Å². The lowest BCUT2D eigenvalue weighted by Crippen LogP contribution is -2.49. The van der Waals surface area contributed by atoms with Gasteiger partial charge in [-0.1, -0.05) is 49.8 Å². The van der Waals surface area contributed by atoms with E-state index in [2.05, 4.69) is 42.2 Å². The van der Waals surface area contributed by atoms with Gasteiger partial charge in [-0.15, -0.1) is 0 Å². The summed E-state index contributed by atoms with van der Waals surface area (Å²) in [6.07, 6.45) is 11.1. The monoisotopic (exact) mass is 475 g/mol. The number of allylic oxidation sites excluding steroid dienone is 1. The number of aromatic carboxylic acids is 1. The molecule has 5 nitrogen and oxygen atoms in total. The van der Waals surface area contributed by atoms with E-state index >= 15 is 0 Å². The van der Waals surface area contributed by atoms with Crippen LogP contribution in [0.15, 0.2) is 54.6 Å². The van der Waals surface area contributed by atoms with Crippen LogP contribution in [0.1, 0.15) is 66.9 Å². The smallest absolute Gasteiger partial charge is 0.335 e. The SMILES string of the molecule is CCC/C=C/[C@H](O)[C@@H]1CC[C@H]1CN1CC2(CCCc3ccccc32)COc2ccc(C(=O)O)cc21. The number of aliphatic hydroxyl groups excluding tert-OH is 1. The molecule has 4 atom stereocenters. The van der Waals surface area contributed by atoms with E-state index in [-0.39, 0.29) is 16.9 Å². The number of unbranched alkanes of at least 4 members (excludes halogenated alkanes) is 1. The van der Waals surface area contributed by atoms with Crippen LogP contribution in [0.25, 0.3) is 0 Å². The Labute approximate surface area is 208 Å². The van der Waals surface area contributed by atoms with Gasteiger partial charge in [0.15, 0.2) is 0 Å². The minimum atomic E-state index is -0.923. The molecule has 2 aromatic rings. The fourth-order valence-electron chi connectivity index (χ4n) is 6.32. The fraction of sp³-hybridized carbons (Fsp3) is 0.500. The van der Waals surface area contributed by atoms with Gasteiger partial charge in [0, 0.05) is 18.5 Å². The number of aryl methyl sites for hydroxylation is 1. The Bertz CT molecular complexity index is 1100. The Kier molecular flexibility index (Phi) is 6.88. The predicted octanol–water partition coefficient (Wildman–Crippen LogP) is 5.60. The van der Waals surface area contributed by atoms with Crippen molar-refractivity contribution in [2.45, 2.75) is 63.4 Å². The van der Waals surface area contributed by atoms with Crippen LogP contribution in [-0.4, -0.2) is 42.0 Å². The molecule has 1 spiro atoms. The topological polar surface area (TPSA) is 70.0 Å². The Morgan fingerprint density at radius 2 is 2.11 bits per heavy atom. The first-order valence-electron chi connectivity index (χ1n) is 13.2. The molecule has 5 heteroatoms. The first-order valence-corrected chi connectivity index (χ1v) is 13.2. The second-order valence-corrected chi connectivity index (χ2v) is 10.7. The molecule has 1 aliphatic heterocycles. The molecule has 0 radical (unpaired) electrons. The summed E-state index contributed by atoms with van der Waals surface area (Å²) >= 11 is 0. The lowest BCUT2D eigenvalue weighted by atomic mass is 9.68. The molecule has 1 unspecified atom stereocenters. The average Bonchev–Trinajstić information content (AvgIpc) is 2.99. The minimum Gasteiger partial charge on any atom is -0.490 e. The number of fused-ring (bicyclic) bond motifs is 3. The normalized spacial score (nSPS) is 26.4. The van der Waals surface area contributed by atoms with Crippen molar-refractivity contribution < 1.29 is 19.7 Å². The maximum Gasteiger partial charge on any atom is 0.335 e. The van der Waals surface area contributed by atoms with Crippen molar-refractivity contribution in [2.24, 2.45) is 11.8 Å². The molecule has 186 valence electrons. The van der Waals surface area contributed by atoms with Gasteiger partial charge in [0.25, 0.3) is 0 Å². The maximum atomic E-state index is 11.8. The molecule has 0 bridgehead atoms. The molecule has 2 aliphatic carbocycles. The number of ether oxygens (including phenoxy) is 1. The summed E-state index contributed by atoms with van der Waals surface area (Å²) in [7, 11) is 0. The maximum absolute atomic E-state index is 11.8. The zero-order valence-corrected chi connectivity index (χ0v) is 20.7. The third kappa shape index (κ3) is 4.71. The van der Waals surface area contributed by atoms with E-state index in [1.165, 1.54) is 11.1 Å². The first kappa shape index (κ1) is 23.9. The molecule has 1 heterocycles. The van der Waals surface area contributed by atoms with Crippen molar-refractivity contribution in [3.05, 3.63) is 71.3 Å². The van der Waals surface area contributed by atoms with Gasteiger partial charge >= 0.3 is 5.97 Å². The van der Waals surface area contributed by atoms with Crippen molar-refractivity contribution in [1.29, 1.82) is 0 Å². The van der Waals surface area contributed by atoms with Crippen LogP contribution < -0.4 is 9.64 Å². The summed E-state index contributed by atoms with van der Waals surface area (Å²) in [5, 5.41) is 20.5. The number of hydrogen-bond acceptors (Lipinski definition) is 4. The minimum absolute atomic E-state index is 0.129. The van der Waals surface area contributed by atoms with Gasteiger partial charge < -0.3 is 19.8 Å². The van der Waals surface area contributed by atoms with Crippen LogP contribution >= 0.6 is 0 Å². The third-order valence-electron chi connectivity index (χ3n) is 8.39. The lowest BCUT2D eigenvalue weighted by molar-refractivity contribution is 0.0456. The summed E-state index contributed by atoms with van der Waals surface area (Å²) in [5.74, 6) is 0.446. The Hall–Kier alpha value is -2.79. The molecule has 2 N–H and O–H groups in total. The number of carboxylic acids is 1. The first-order chi connectivity index (χ1) is 17.0. The Morgan fingerprint density at radius 1 is 1.26 bits per heavy atom. The van der Waals surface area contributed by atoms with E-state index in [9.17, 15) is 15.0 Å². The number of hydrogen-bond donors (Lipinski definition) is 2. The highest BCUT2D eigenvalue weighted by atomic mass is 16.5. The summed E-state index contributed by atoms with van der Waals surface area (Å²) in [6.45, 7) is 4.33. The zero-order chi connectivity index (χ0) is 24.4. The molecule has 0 saturated heterocycles. The van der Waals surface area contributed by atoms with Gasteiger partial charge in [-0.3, -0.25) is 0 Å². The molecular weight excluding hydrogens is 438 g/mol. The molecule has 2 aromatic carbocycles. The standard InChI is InChI=1S/C30H37NO4/c1-2-3-4-11-27(32)24-14-12-23(24)18-31-19-30(16-7-9-21-8-5-6-10-25(21)30)20-35-28-15-13-22(29(33)34)17-26(28)31/h4-6,8,10-11,13,15,17,23-24,27,32H,2-3,7,9,12,14,16,18-20H2,1H3,(H,33,34)/b11-4+/t23-,24+,27-,30?/m0/s1. The van der Waals surface area contributed by atoms with E-state index in [4.69, 9.17) is 4.74 Å². The van der Waals surface area contributed by atoms with E-state index in [1.807, 2.05) is 12.1 Å². The second kappa shape index (κ2) is 10.1. The highest BCUT2D eigenvalue weighted by Gasteiger charge is 2.44. The molecular formula is C30H37NO4. The second-order valence-electron chi connectivity index (χ2n) is 10.7. The van der Waals surface area contributed by atoms with E-state index in [0.717, 1.165) is 69.5 Å². The summed E-state index contributed by atoms with van der Waals surface area (Å²) < 4.78 is 6.44. The highest BCUT2D eigenvalue weighted by Crippen LogP contribution is 2.46. The van der Waals surface area contributed by atoms with Crippen LogP contribution in [0.2, 0.25) is 0 Å². The van der Waals surface area contributed by atoms with Crippen LogP contribution in [0.5, 0.6) is 5.75 Å².